The molecule has 1 aliphatic heterocycles. The molecule has 2 rings (SSSR count). The van der Waals surface area contributed by atoms with Gasteiger partial charge in [-0.15, -0.1) is 0 Å². The number of piperidine rings is 1. The molecule has 0 amide bonds. The maximum absolute atomic E-state index is 5.41. The van der Waals surface area contributed by atoms with Crippen molar-refractivity contribution in [1.82, 2.24) is 10.2 Å². The lowest BCUT2D eigenvalue weighted by molar-refractivity contribution is 0.235. The number of ether oxygens (including phenoxy) is 2. The molecule has 1 saturated heterocycles. The zero-order chi connectivity index (χ0) is 14.4. The first-order valence-corrected chi connectivity index (χ1v) is 7.35. The molecule has 0 bridgehead atoms. The quantitative estimate of drug-likeness (QED) is 0.862. The van der Waals surface area contributed by atoms with Crippen LogP contribution in [0.4, 0.5) is 0 Å². The van der Waals surface area contributed by atoms with Crippen LogP contribution in [0, 0.1) is 0 Å². The van der Waals surface area contributed by atoms with Crippen LogP contribution in [0.2, 0.25) is 0 Å². The zero-order valence-corrected chi connectivity index (χ0v) is 12.8. The molecule has 20 heavy (non-hydrogen) atoms. The Hall–Kier alpha value is -1.26. The third-order valence-electron chi connectivity index (χ3n) is 4.03. The van der Waals surface area contributed by atoms with E-state index < -0.39 is 0 Å². The minimum atomic E-state index is 0.655. The highest BCUT2D eigenvalue weighted by Gasteiger charge is 2.15. The van der Waals surface area contributed by atoms with Crippen LogP contribution >= 0.6 is 0 Å². The van der Waals surface area contributed by atoms with E-state index in [4.69, 9.17) is 9.47 Å². The number of hydrogen-bond acceptors (Lipinski definition) is 4. The van der Waals surface area contributed by atoms with Crippen molar-refractivity contribution in [3.63, 3.8) is 0 Å². The highest BCUT2D eigenvalue weighted by atomic mass is 16.5. The lowest BCUT2D eigenvalue weighted by Gasteiger charge is -2.29. The van der Waals surface area contributed by atoms with Crippen molar-refractivity contribution in [1.29, 1.82) is 0 Å². The molecule has 0 unspecified atom stereocenters. The van der Waals surface area contributed by atoms with Gasteiger partial charge in [-0.2, -0.15) is 0 Å². The highest BCUT2D eigenvalue weighted by Crippen LogP contribution is 2.24. The number of rotatable bonds is 6. The number of nitrogens with zero attached hydrogens (tertiary/aromatic N) is 1. The molecule has 1 aromatic carbocycles. The minimum Gasteiger partial charge on any atom is -0.497 e. The normalized spacial score (nSPS) is 17.1. The van der Waals surface area contributed by atoms with Crippen molar-refractivity contribution in [3.05, 3.63) is 23.8 Å². The SMILES string of the molecule is COc1ccc(OC)c(CCNC2CCN(C)CC2)c1. The predicted octanol–water partition coefficient (Wildman–Crippen LogP) is 1.93. The Morgan fingerprint density at radius 3 is 2.60 bits per heavy atom. The smallest absolute Gasteiger partial charge is 0.122 e. The minimum absolute atomic E-state index is 0.655. The lowest BCUT2D eigenvalue weighted by atomic mass is 10.0. The molecule has 0 aromatic heterocycles. The second-order valence-electron chi connectivity index (χ2n) is 5.46. The Bertz CT molecular complexity index is 415. The molecule has 1 heterocycles. The third-order valence-corrected chi connectivity index (χ3v) is 4.03. The van der Waals surface area contributed by atoms with E-state index in [1.807, 2.05) is 12.1 Å². The first-order valence-electron chi connectivity index (χ1n) is 7.35. The number of likely N-dealkylation sites (tertiary alicyclic amines) is 1. The average Bonchev–Trinajstić information content (AvgIpc) is 2.49. The Morgan fingerprint density at radius 2 is 1.95 bits per heavy atom. The van der Waals surface area contributed by atoms with Gasteiger partial charge in [0.05, 0.1) is 14.2 Å². The molecule has 0 atom stereocenters. The van der Waals surface area contributed by atoms with Gasteiger partial charge < -0.3 is 19.7 Å². The highest BCUT2D eigenvalue weighted by molar-refractivity contribution is 5.40. The maximum atomic E-state index is 5.41. The standard InChI is InChI=1S/C16H26N2O2/c1-18-10-7-14(8-11-18)17-9-6-13-12-15(19-2)4-5-16(13)20-3/h4-5,12,14,17H,6-11H2,1-3H3. The fourth-order valence-electron chi connectivity index (χ4n) is 2.70. The van der Waals surface area contributed by atoms with Crippen LogP contribution in [-0.2, 0) is 6.42 Å². The number of benzene rings is 1. The Kier molecular flexibility index (Phi) is 5.68. The summed E-state index contributed by atoms with van der Waals surface area (Å²) in [5, 5.41) is 3.66. The van der Waals surface area contributed by atoms with E-state index in [0.717, 1.165) is 24.5 Å². The van der Waals surface area contributed by atoms with E-state index in [0.29, 0.717) is 6.04 Å². The summed E-state index contributed by atoms with van der Waals surface area (Å²) in [5.74, 6) is 1.83. The van der Waals surface area contributed by atoms with Crippen LogP contribution in [-0.4, -0.2) is 51.8 Å². The zero-order valence-electron chi connectivity index (χ0n) is 12.8. The van der Waals surface area contributed by atoms with E-state index >= 15 is 0 Å². The molecule has 112 valence electrons. The molecule has 1 aromatic rings. The topological polar surface area (TPSA) is 33.7 Å². The molecule has 1 N–H and O–H groups in total. The van der Waals surface area contributed by atoms with E-state index in [1.165, 1.54) is 31.5 Å². The van der Waals surface area contributed by atoms with E-state index in [-0.39, 0.29) is 0 Å². The molecule has 0 saturated carbocycles. The summed E-state index contributed by atoms with van der Waals surface area (Å²) in [4.78, 5) is 2.39. The van der Waals surface area contributed by atoms with Gasteiger partial charge in [0, 0.05) is 6.04 Å². The van der Waals surface area contributed by atoms with Crippen LogP contribution in [0.25, 0.3) is 0 Å². The van der Waals surface area contributed by atoms with Gasteiger partial charge in [-0.05, 0) is 69.7 Å². The molecule has 4 nitrogen and oxygen atoms in total. The number of nitrogens with one attached hydrogen (secondary N) is 1. The number of hydrogen-bond donors (Lipinski definition) is 1. The van der Waals surface area contributed by atoms with Crippen molar-refractivity contribution in [2.45, 2.75) is 25.3 Å². The van der Waals surface area contributed by atoms with Crippen LogP contribution < -0.4 is 14.8 Å². The molecular weight excluding hydrogens is 252 g/mol. The predicted molar refractivity (Wildman–Crippen MR) is 81.8 cm³/mol. The third kappa shape index (κ3) is 4.12. The average molecular weight is 278 g/mol. The summed E-state index contributed by atoms with van der Waals surface area (Å²) in [7, 11) is 5.61. The van der Waals surface area contributed by atoms with Crippen molar-refractivity contribution in [2.75, 3.05) is 40.9 Å². The fraction of sp³-hybridized carbons (Fsp3) is 0.625. The molecular formula is C16H26N2O2. The summed E-state index contributed by atoms with van der Waals surface area (Å²) in [5.41, 5.74) is 1.20. The van der Waals surface area contributed by atoms with Gasteiger partial charge in [-0.3, -0.25) is 0 Å². The summed E-state index contributed by atoms with van der Waals surface area (Å²) >= 11 is 0. The molecule has 1 fully saturated rings. The van der Waals surface area contributed by atoms with Gasteiger partial charge in [0.2, 0.25) is 0 Å². The van der Waals surface area contributed by atoms with Crippen LogP contribution in [0.1, 0.15) is 18.4 Å². The summed E-state index contributed by atoms with van der Waals surface area (Å²) in [6, 6.07) is 6.63. The summed E-state index contributed by atoms with van der Waals surface area (Å²) < 4.78 is 10.7. The first-order chi connectivity index (χ1) is 9.72. The van der Waals surface area contributed by atoms with Gasteiger partial charge in [0.1, 0.15) is 11.5 Å². The molecule has 0 spiro atoms. The van der Waals surface area contributed by atoms with Gasteiger partial charge in [-0.25, -0.2) is 0 Å². The van der Waals surface area contributed by atoms with Crippen molar-refractivity contribution < 1.29 is 9.47 Å². The Balaban J connectivity index is 1.84. The molecule has 0 aliphatic carbocycles. The summed E-state index contributed by atoms with van der Waals surface area (Å²) in [6.45, 7) is 3.37. The Labute approximate surface area is 122 Å². The van der Waals surface area contributed by atoms with Crippen molar-refractivity contribution in [2.24, 2.45) is 0 Å². The van der Waals surface area contributed by atoms with Gasteiger partial charge in [0.25, 0.3) is 0 Å². The second-order valence-corrected chi connectivity index (χ2v) is 5.46. The number of methoxy groups -OCH3 is 2. The Morgan fingerprint density at radius 1 is 1.20 bits per heavy atom. The maximum Gasteiger partial charge on any atom is 0.122 e. The molecule has 0 radical (unpaired) electrons. The van der Waals surface area contributed by atoms with Gasteiger partial charge in [0.15, 0.2) is 0 Å². The van der Waals surface area contributed by atoms with Crippen LogP contribution in [0.3, 0.4) is 0 Å². The molecule has 1 aliphatic rings. The van der Waals surface area contributed by atoms with Crippen LogP contribution in [0.5, 0.6) is 11.5 Å². The first kappa shape index (κ1) is 15.1. The van der Waals surface area contributed by atoms with Crippen molar-refractivity contribution >= 4 is 0 Å². The van der Waals surface area contributed by atoms with E-state index in [2.05, 4.69) is 23.3 Å². The monoisotopic (exact) mass is 278 g/mol. The van der Waals surface area contributed by atoms with Gasteiger partial charge >= 0.3 is 0 Å². The van der Waals surface area contributed by atoms with Crippen molar-refractivity contribution in [3.8, 4) is 11.5 Å². The van der Waals surface area contributed by atoms with Gasteiger partial charge in [-0.1, -0.05) is 0 Å². The fourth-order valence-corrected chi connectivity index (χ4v) is 2.70. The largest absolute Gasteiger partial charge is 0.497 e. The van der Waals surface area contributed by atoms with Crippen LogP contribution in [0.15, 0.2) is 18.2 Å². The molecule has 4 heteroatoms. The second kappa shape index (κ2) is 7.50. The van der Waals surface area contributed by atoms with E-state index in [1.54, 1.807) is 14.2 Å². The summed E-state index contributed by atoms with van der Waals surface area (Å²) in [6.07, 6.45) is 3.45. The lowest BCUT2D eigenvalue weighted by Crippen LogP contribution is -2.41. The van der Waals surface area contributed by atoms with E-state index in [9.17, 15) is 0 Å².